The molecule has 10 heteroatoms. The highest BCUT2D eigenvalue weighted by Gasteiger charge is 2.13. The van der Waals surface area contributed by atoms with Crippen molar-refractivity contribution in [2.24, 2.45) is 0 Å². The molecule has 0 unspecified atom stereocenters. The van der Waals surface area contributed by atoms with E-state index >= 15 is 0 Å². The lowest BCUT2D eigenvalue weighted by Gasteiger charge is -1.99. The lowest BCUT2D eigenvalue weighted by molar-refractivity contribution is -0.115. The van der Waals surface area contributed by atoms with E-state index in [9.17, 15) is 9.59 Å². The normalized spacial score (nSPS) is 10.5. The number of carbonyl (C=O) groups is 2. The summed E-state index contributed by atoms with van der Waals surface area (Å²) in [5.74, 6) is -0.425. The van der Waals surface area contributed by atoms with Gasteiger partial charge in [0.15, 0.2) is 10.9 Å². The van der Waals surface area contributed by atoms with E-state index in [2.05, 4.69) is 25.8 Å². The van der Waals surface area contributed by atoms with Gasteiger partial charge in [-0.25, -0.2) is 4.98 Å². The number of thiazole rings is 1. The van der Waals surface area contributed by atoms with Crippen molar-refractivity contribution in [1.29, 1.82) is 0 Å². The summed E-state index contributed by atoms with van der Waals surface area (Å²) in [6.07, 6.45) is 1.51. The molecule has 23 heavy (non-hydrogen) atoms. The van der Waals surface area contributed by atoms with E-state index in [1.165, 1.54) is 28.9 Å². The molecule has 0 saturated heterocycles. The first-order valence-corrected chi connectivity index (χ1v) is 8.19. The minimum Gasteiger partial charge on any atom is -0.459 e. The summed E-state index contributed by atoms with van der Waals surface area (Å²) >= 11 is 2.54. The predicted octanol–water partition coefficient (Wildman–Crippen LogP) is 2.33. The summed E-state index contributed by atoms with van der Waals surface area (Å²) in [5, 5.41) is 16.3. The molecule has 3 heterocycles. The summed E-state index contributed by atoms with van der Waals surface area (Å²) in [7, 11) is 0. The number of hydrogen-bond donors (Lipinski definition) is 2. The molecule has 118 valence electrons. The first-order valence-electron chi connectivity index (χ1n) is 6.49. The molecule has 2 amide bonds. The van der Waals surface area contributed by atoms with Crippen molar-refractivity contribution in [3.63, 3.8) is 0 Å². The second kappa shape index (κ2) is 6.67. The number of aryl methyl sites for hydroxylation is 1. The molecule has 0 aliphatic heterocycles. The summed E-state index contributed by atoms with van der Waals surface area (Å²) in [6.45, 7) is 1.81. The number of carbonyl (C=O) groups excluding carboxylic acids is 2. The highest BCUT2D eigenvalue weighted by Crippen LogP contribution is 2.18. The van der Waals surface area contributed by atoms with Crippen molar-refractivity contribution in [2.75, 3.05) is 10.6 Å². The van der Waals surface area contributed by atoms with Crippen molar-refractivity contribution in [3.8, 4) is 0 Å². The number of hydrogen-bond acceptors (Lipinski definition) is 8. The topological polar surface area (TPSA) is 110 Å². The third-order valence-electron chi connectivity index (χ3n) is 2.63. The molecule has 0 spiro atoms. The van der Waals surface area contributed by atoms with E-state index in [4.69, 9.17) is 4.42 Å². The number of nitrogens with zero attached hydrogens (tertiary/aromatic N) is 3. The zero-order valence-corrected chi connectivity index (χ0v) is 13.5. The Balaban J connectivity index is 1.56. The van der Waals surface area contributed by atoms with Crippen LogP contribution in [-0.4, -0.2) is 27.0 Å². The number of anilines is 2. The van der Waals surface area contributed by atoms with Crippen molar-refractivity contribution >= 4 is 44.8 Å². The molecule has 0 aliphatic rings. The summed E-state index contributed by atoms with van der Waals surface area (Å²) in [5.41, 5.74) is 0.559. The van der Waals surface area contributed by atoms with Gasteiger partial charge in [-0.2, -0.15) is 0 Å². The first kappa shape index (κ1) is 15.3. The van der Waals surface area contributed by atoms with E-state index in [-0.39, 0.29) is 24.0 Å². The van der Waals surface area contributed by atoms with Crippen LogP contribution in [0.1, 0.15) is 21.3 Å². The number of furan rings is 1. The molecule has 0 saturated carbocycles. The third-order valence-corrected chi connectivity index (χ3v) is 4.19. The van der Waals surface area contributed by atoms with E-state index in [1.54, 1.807) is 17.5 Å². The number of nitrogens with one attached hydrogen (secondary N) is 2. The summed E-state index contributed by atoms with van der Waals surface area (Å²) < 4.78 is 5.00. The second-order valence-electron chi connectivity index (χ2n) is 4.43. The molecule has 3 aromatic rings. The van der Waals surface area contributed by atoms with Gasteiger partial charge in [0.1, 0.15) is 5.01 Å². The Morgan fingerprint density at radius 2 is 2.13 bits per heavy atom. The Bertz CT molecular complexity index is 824. The molecule has 0 aromatic carbocycles. The predicted molar refractivity (Wildman–Crippen MR) is 85.8 cm³/mol. The average Bonchev–Trinajstić information content (AvgIpc) is 3.21. The van der Waals surface area contributed by atoms with Gasteiger partial charge >= 0.3 is 0 Å². The Hall–Kier alpha value is -2.59. The zero-order valence-electron chi connectivity index (χ0n) is 11.9. The van der Waals surface area contributed by atoms with Crippen LogP contribution >= 0.6 is 22.7 Å². The van der Waals surface area contributed by atoms with Gasteiger partial charge in [-0.15, -0.1) is 21.5 Å². The van der Waals surface area contributed by atoms with Crippen LogP contribution in [0.5, 0.6) is 0 Å². The maximum absolute atomic E-state index is 11.9. The van der Waals surface area contributed by atoms with Gasteiger partial charge in [-0.3, -0.25) is 14.9 Å². The fraction of sp³-hybridized carbons (Fsp3) is 0.154. The Morgan fingerprint density at radius 3 is 2.83 bits per heavy atom. The van der Waals surface area contributed by atoms with Crippen LogP contribution in [0, 0.1) is 6.92 Å². The molecule has 0 bridgehead atoms. The SMILES string of the molecule is Cc1nnc(NC(=O)Cc2csc(NC(=O)c3ccco3)n2)s1. The molecule has 0 radical (unpaired) electrons. The molecular formula is C13H11N5O3S2. The fourth-order valence-electron chi connectivity index (χ4n) is 1.69. The van der Waals surface area contributed by atoms with Crippen LogP contribution in [0.2, 0.25) is 0 Å². The molecule has 2 N–H and O–H groups in total. The van der Waals surface area contributed by atoms with Crippen molar-refractivity contribution in [1.82, 2.24) is 15.2 Å². The van der Waals surface area contributed by atoms with Crippen LogP contribution in [0.4, 0.5) is 10.3 Å². The molecule has 0 aliphatic carbocycles. The number of rotatable bonds is 5. The number of amides is 2. The zero-order chi connectivity index (χ0) is 16.2. The van der Waals surface area contributed by atoms with Crippen LogP contribution in [0.25, 0.3) is 0 Å². The minimum absolute atomic E-state index is 0.0890. The molecule has 3 aromatic heterocycles. The molecule has 8 nitrogen and oxygen atoms in total. The smallest absolute Gasteiger partial charge is 0.293 e. The quantitative estimate of drug-likeness (QED) is 0.731. The minimum atomic E-state index is -0.385. The van der Waals surface area contributed by atoms with Crippen molar-refractivity contribution in [2.45, 2.75) is 13.3 Å². The van der Waals surface area contributed by atoms with Crippen LogP contribution in [0.15, 0.2) is 28.2 Å². The van der Waals surface area contributed by atoms with Gasteiger partial charge in [-0.05, 0) is 19.1 Å². The summed E-state index contributed by atoms with van der Waals surface area (Å²) in [4.78, 5) is 27.9. The van der Waals surface area contributed by atoms with E-state index < -0.39 is 0 Å². The van der Waals surface area contributed by atoms with Gasteiger partial charge in [0.05, 0.1) is 18.4 Å². The van der Waals surface area contributed by atoms with Crippen molar-refractivity contribution < 1.29 is 14.0 Å². The highest BCUT2D eigenvalue weighted by molar-refractivity contribution is 7.15. The van der Waals surface area contributed by atoms with Crippen LogP contribution < -0.4 is 10.6 Å². The van der Waals surface area contributed by atoms with Crippen LogP contribution in [-0.2, 0) is 11.2 Å². The molecule has 3 rings (SSSR count). The molecular weight excluding hydrogens is 338 g/mol. The van der Waals surface area contributed by atoms with Gasteiger partial charge in [0.2, 0.25) is 11.0 Å². The van der Waals surface area contributed by atoms with Gasteiger partial charge in [0, 0.05) is 5.38 Å². The standard InChI is InChI=1S/C13H11N5O3S2/c1-7-17-18-13(23-7)15-10(19)5-8-6-22-12(14-8)16-11(20)9-3-2-4-21-9/h2-4,6H,5H2,1H3,(H,14,16,20)(H,15,18,19). The maximum Gasteiger partial charge on any atom is 0.293 e. The van der Waals surface area contributed by atoms with Gasteiger partial charge in [0.25, 0.3) is 5.91 Å². The third kappa shape index (κ3) is 3.99. The van der Waals surface area contributed by atoms with Gasteiger partial charge in [-0.1, -0.05) is 11.3 Å². The van der Waals surface area contributed by atoms with E-state index in [1.807, 2.05) is 6.92 Å². The summed E-state index contributed by atoms with van der Waals surface area (Å²) in [6, 6.07) is 3.18. The lowest BCUT2D eigenvalue weighted by atomic mass is 10.3. The molecule has 0 fully saturated rings. The Kier molecular flexibility index (Phi) is 4.44. The Labute approximate surface area is 138 Å². The largest absolute Gasteiger partial charge is 0.459 e. The van der Waals surface area contributed by atoms with E-state index in [0.717, 1.165) is 5.01 Å². The van der Waals surface area contributed by atoms with E-state index in [0.29, 0.717) is 16.0 Å². The number of aromatic nitrogens is 3. The molecule has 0 atom stereocenters. The Morgan fingerprint density at radius 1 is 1.26 bits per heavy atom. The van der Waals surface area contributed by atoms with Gasteiger partial charge < -0.3 is 9.73 Å². The highest BCUT2D eigenvalue weighted by atomic mass is 32.1. The first-order chi connectivity index (χ1) is 11.1. The fourth-order valence-corrected chi connectivity index (χ4v) is 3.00. The average molecular weight is 349 g/mol. The van der Waals surface area contributed by atoms with Crippen molar-refractivity contribution in [3.05, 3.63) is 40.2 Å². The lowest BCUT2D eigenvalue weighted by Crippen LogP contribution is -2.15. The maximum atomic E-state index is 11.9. The van der Waals surface area contributed by atoms with Crippen LogP contribution in [0.3, 0.4) is 0 Å². The monoisotopic (exact) mass is 349 g/mol. The second-order valence-corrected chi connectivity index (χ2v) is 6.47.